The fourth-order valence-corrected chi connectivity index (χ4v) is 1.30. The quantitative estimate of drug-likeness (QED) is 0.763. The second-order valence-electron chi connectivity index (χ2n) is 2.46. The summed E-state index contributed by atoms with van der Waals surface area (Å²) < 4.78 is 5.72. The van der Waals surface area contributed by atoms with Gasteiger partial charge in [0.05, 0.1) is 6.54 Å². The molecule has 0 aromatic carbocycles. The molecule has 0 spiro atoms. The fourth-order valence-electron chi connectivity index (χ4n) is 0.873. The van der Waals surface area contributed by atoms with Gasteiger partial charge in [-0.05, 0) is 0 Å². The Morgan fingerprint density at radius 1 is 1.62 bits per heavy atom. The summed E-state index contributed by atoms with van der Waals surface area (Å²) in [7, 11) is 1.90. The van der Waals surface area contributed by atoms with E-state index >= 15 is 0 Å². The van der Waals surface area contributed by atoms with Gasteiger partial charge in [0, 0.05) is 18.6 Å². The van der Waals surface area contributed by atoms with E-state index in [4.69, 9.17) is 0 Å². The van der Waals surface area contributed by atoms with Gasteiger partial charge in [0.25, 0.3) is 0 Å². The minimum Gasteiger partial charge on any atom is -0.353 e. The van der Waals surface area contributed by atoms with Crippen LogP contribution >= 0.6 is 11.5 Å². The number of hydrogen-bond donors (Lipinski definition) is 1. The molecule has 13 heavy (non-hydrogen) atoms. The van der Waals surface area contributed by atoms with Crippen LogP contribution in [-0.2, 0) is 13.6 Å². The van der Waals surface area contributed by atoms with Gasteiger partial charge in [-0.1, -0.05) is 0 Å². The lowest BCUT2D eigenvalue weighted by Crippen LogP contribution is -2.05. The number of aryl methyl sites for hydroxylation is 1. The molecule has 0 bridgehead atoms. The van der Waals surface area contributed by atoms with Gasteiger partial charge in [0.15, 0.2) is 5.82 Å². The van der Waals surface area contributed by atoms with Crippen LogP contribution in [0.1, 0.15) is 5.82 Å². The van der Waals surface area contributed by atoms with Gasteiger partial charge in [-0.15, -0.1) is 10.2 Å². The summed E-state index contributed by atoms with van der Waals surface area (Å²) in [6, 6.07) is 0. The number of rotatable bonds is 3. The number of aromatic nitrogens is 5. The van der Waals surface area contributed by atoms with Crippen LogP contribution in [0.3, 0.4) is 0 Å². The maximum atomic E-state index is 3.98. The summed E-state index contributed by atoms with van der Waals surface area (Å²) in [5, 5.41) is 11.6. The Kier molecular flexibility index (Phi) is 2.17. The average Bonchev–Trinajstić information content (AvgIpc) is 2.72. The molecule has 2 heterocycles. The molecule has 2 rings (SSSR count). The van der Waals surface area contributed by atoms with Gasteiger partial charge < -0.3 is 9.88 Å². The molecule has 2 aromatic rings. The summed E-state index contributed by atoms with van der Waals surface area (Å²) in [6.45, 7) is 0.617. The first-order chi connectivity index (χ1) is 6.36. The van der Waals surface area contributed by atoms with Gasteiger partial charge in [-0.3, -0.25) is 0 Å². The highest BCUT2D eigenvalue weighted by atomic mass is 32.1. The topological polar surface area (TPSA) is 68.5 Å². The third kappa shape index (κ3) is 1.81. The molecule has 0 amide bonds. The molecule has 0 fully saturated rings. The van der Waals surface area contributed by atoms with Gasteiger partial charge >= 0.3 is 0 Å². The largest absolute Gasteiger partial charge is 0.353 e. The van der Waals surface area contributed by atoms with E-state index < -0.39 is 0 Å². The van der Waals surface area contributed by atoms with E-state index in [1.165, 1.54) is 17.9 Å². The highest BCUT2D eigenvalue weighted by Crippen LogP contribution is 2.07. The van der Waals surface area contributed by atoms with Crippen molar-refractivity contribution in [3.8, 4) is 0 Å². The molecule has 0 atom stereocenters. The van der Waals surface area contributed by atoms with Crippen molar-refractivity contribution >= 4 is 16.7 Å². The molecule has 0 unspecified atom stereocenters. The summed E-state index contributed by atoms with van der Waals surface area (Å²) in [4.78, 5) is 3.98. The van der Waals surface area contributed by atoms with Crippen LogP contribution in [0.2, 0.25) is 0 Å². The standard InChI is InChI=1S/C6H8N6S/c1-12-4-9-11-5(12)2-7-6-8-3-10-13-6/h3-4H,2H2,1H3,(H,7,8,10). The predicted octanol–water partition coefficient (Wildman–Crippen LogP) is 0.279. The molecule has 6 nitrogen and oxygen atoms in total. The second-order valence-corrected chi connectivity index (χ2v) is 3.24. The maximum Gasteiger partial charge on any atom is 0.202 e. The number of hydrogen-bond acceptors (Lipinski definition) is 6. The molecular formula is C6H8N6S. The first-order valence-electron chi connectivity index (χ1n) is 3.69. The van der Waals surface area contributed by atoms with Gasteiger partial charge in [-0.25, -0.2) is 4.98 Å². The van der Waals surface area contributed by atoms with Crippen LogP contribution in [0.15, 0.2) is 12.7 Å². The lowest BCUT2D eigenvalue weighted by Gasteiger charge is -1.99. The van der Waals surface area contributed by atoms with E-state index in [9.17, 15) is 0 Å². The molecule has 68 valence electrons. The van der Waals surface area contributed by atoms with Gasteiger partial charge in [-0.2, -0.15) is 4.37 Å². The molecule has 0 saturated carbocycles. The first kappa shape index (κ1) is 8.11. The molecule has 0 radical (unpaired) electrons. The normalized spacial score (nSPS) is 10.2. The SMILES string of the molecule is Cn1cnnc1CNc1ncns1. The lowest BCUT2D eigenvalue weighted by atomic mass is 10.6. The molecule has 0 aliphatic rings. The first-order valence-corrected chi connectivity index (χ1v) is 4.47. The van der Waals surface area contributed by atoms with Crippen molar-refractivity contribution in [1.29, 1.82) is 0 Å². The van der Waals surface area contributed by atoms with Crippen molar-refractivity contribution in [2.45, 2.75) is 6.54 Å². The van der Waals surface area contributed by atoms with E-state index in [1.807, 2.05) is 11.6 Å². The zero-order chi connectivity index (χ0) is 9.10. The summed E-state index contributed by atoms with van der Waals surface area (Å²) in [6.07, 6.45) is 3.18. The number of nitrogens with zero attached hydrogens (tertiary/aromatic N) is 5. The zero-order valence-corrected chi connectivity index (χ0v) is 7.82. The highest BCUT2D eigenvalue weighted by molar-refractivity contribution is 7.09. The van der Waals surface area contributed by atoms with Crippen LogP contribution in [0.4, 0.5) is 5.13 Å². The zero-order valence-electron chi connectivity index (χ0n) is 7.01. The van der Waals surface area contributed by atoms with E-state index in [1.54, 1.807) is 6.33 Å². The minimum absolute atomic E-state index is 0.617. The third-order valence-electron chi connectivity index (χ3n) is 1.56. The number of anilines is 1. The molecule has 0 aliphatic carbocycles. The summed E-state index contributed by atoms with van der Waals surface area (Å²) >= 11 is 1.32. The van der Waals surface area contributed by atoms with Crippen LogP contribution in [-0.4, -0.2) is 24.1 Å². The molecule has 0 saturated heterocycles. The predicted molar refractivity (Wildman–Crippen MR) is 48.2 cm³/mol. The van der Waals surface area contributed by atoms with Crippen molar-refractivity contribution < 1.29 is 0 Å². The highest BCUT2D eigenvalue weighted by Gasteiger charge is 2.00. The van der Waals surface area contributed by atoms with E-state index in [0.29, 0.717) is 6.54 Å². The Bertz CT molecular complexity index is 366. The second kappa shape index (κ2) is 3.48. The fraction of sp³-hybridized carbons (Fsp3) is 0.333. The molecular weight excluding hydrogens is 188 g/mol. The molecule has 2 aromatic heterocycles. The van der Waals surface area contributed by atoms with Crippen LogP contribution in [0.25, 0.3) is 0 Å². The van der Waals surface area contributed by atoms with Crippen molar-refractivity contribution in [3.05, 3.63) is 18.5 Å². The maximum absolute atomic E-state index is 3.98. The molecule has 7 heteroatoms. The Hall–Kier alpha value is -1.50. The third-order valence-corrected chi connectivity index (χ3v) is 2.19. The van der Waals surface area contributed by atoms with E-state index in [-0.39, 0.29) is 0 Å². The van der Waals surface area contributed by atoms with Crippen molar-refractivity contribution in [1.82, 2.24) is 24.1 Å². The lowest BCUT2D eigenvalue weighted by molar-refractivity contribution is 0.811. The van der Waals surface area contributed by atoms with Gasteiger partial charge in [0.1, 0.15) is 12.7 Å². The smallest absolute Gasteiger partial charge is 0.202 e. The van der Waals surface area contributed by atoms with Crippen LogP contribution in [0.5, 0.6) is 0 Å². The van der Waals surface area contributed by atoms with Crippen LogP contribution < -0.4 is 5.32 Å². The molecule has 0 aliphatic heterocycles. The van der Waals surface area contributed by atoms with E-state index in [2.05, 4.69) is 24.9 Å². The van der Waals surface area contributed by atoms with Crippen molar-refractivity contribution in [3.63, 3.8) is 0 Å². The van der Waals surface area contributed by atoms with Crippen LogP contribution in [0, 0.1) is 0 Å². The number of nitrogens with one attached hydrogen (secondary N) is 1. The summed E-state index contributed by atoms with van der Waals surface area (Å²) in [5.41, 5.74) is 0. The Labute approximate surface area is 78.8 Å². The Morgan fingerprint density at radius 3 is 3.15 bits per heavy atom. The van der Waals surface area contributed by atoms with E-state index in [0.717, 1.165) is 11.0 Å². The monoisotopic (exact) mass is 196 g/mol. The minimum atomic E-state index is 0.617. The molecule has 1 N–H and O–H groups in total. The Balaban J connectivity index is 1.97. The van der Waals surface area contributed by atoms with Crippen molar-refractivity contribution in [2.75, 3.05) is 5.32 Å². The Morgan fingerprint density at radius 2 is 2.54 bits per heavy atom. The average molecular weight is 196 g/mol. The van der Waals surface area contributed by atoms with Crippen molar-refractivity contribution in [2.24, 2.45) is 7.05 Å². The van der Waals surface area contributed by atoms with Gasteiger partial charge in [0.2, 0.25) is 5.13 Å². The summed E-state index contributed by atoms with van der Waals surface area (Å²) in [5.74, 6) is 0.871.